The number of carbonyl (C=O) groups is 1. The molecule has 0 unspecified atom stereocenters. The summed E-state index contributed by atoms with van der Waals surface area (Å²) in [6, 6.07) is 9.81. The third-order valence-corrected chi connectivity index (χ3v) is 3.93. The maximum absolute atomic E-state index is 12.3. The van der Waals surface area contributed by atoms with Crippen LogP contribution in [0.15, 0.2) is 30.3 Å². The smallest absolute Gasteiger partial charge is 0.248 e. The van der Waals surface area contributed by atoms with E-state index in [1.165, 1.54) is 0 Å². The predicted molar refractivity (Wildman–Crippen MR) is 87.1 cm³/mol. The first kappa shape index (κ1) is 16.6. The molecule has 0 spiro atoms. The average Bonchev–Trinajstić information content (AvgIpc) is 3.12. The van der Waals surface area contributed by atoms with E-state index in [0.29, 0.717) is 32.1 Å². The molecule has 1 atom stereocenters. The Hall–Kier alpha value is -2.25. The van der Waals surface area contributed by atoms with Gasteiger partial charge in [0.15, 0.2) is 5.82 Å². The molecule has 1 aromatic heterocycles. The number of rotatable bonds is 6. The molecule has 1 aliphatic heterocycles. The topological polar surface area (TPSA) is 80.3 Å². The normalized spacial score (nSPS) is 17.9. The minimum atomic E-state index is -0.284. The highest BCUT2D eigenvalue weighted by molar-refractivity contribution is 5.77. The zero-order valence-corrected chi connectivity index (χ0v) is 13.8. The van der Waals surface area contributed by atoms with Gasteiger partial charge in [-0.1, -0.05) is 37.3 Å². The minimum absolute atomic E-state index is 0.0366. The number of morpholine rings is 1. The van der Waals surface area contributed by atoms with Crippen LogP contribution in [0.2, 0.25) is 0 Å². The number of hydrogen-bond donors (Lipinski definition) is 1. The second kappa shape index (κ2) is 8.03. The maximum Gasteiger partial charge on any atom is 0.248 e. The van der Waals surface area contributed by atoms with Crippen LogP contribution in [0.4, 0.5) is 0 Å². The molecular formula is C17H22N4O3. The van der Waals surface area contributed by atoms with Gasteiger partial charge in [0.2, 0.25) is 5.91 Å². The number of amides is 1. The Kier molecular flexibility index (Phi) is 5.55. The standard InChI is InChI=1S/C17H22N4O3/c1-2-15-18-17(20-19-15)14-10-21(8-9-24-14)16(22)12-23-11-13-6-4-3-5-7-13/h3-7,14H,2,8-12H2,1H3,(H,18,19,20)/t14-/m0/s1. The van der Waals surface area contributed by atoms with Gasteiger partial charge in [-0.15, -0.1) is 0 Å². The molecular weight excluding hydrogens is 308 g/mol. The highest BCUT2D eigenvalue weighted by atomic mass is 16.5. The van der Waals surface area contributed by atoms with Crippen molar-refractivity contribution in [2.75, 3.05) is 26.3 Å². The van der Waals surface area contributed by atoms with Crippen LogP contribution >= 0.6 is 0 Å². The Bertz CT molecular complexity index is 659. The van der Waals surface area contributed by atoms with E-state index in [2.05, 4.69) is 15.2 Å². The fraction of sp³-hybridized carbons (Fsp3) is 0.471. The lowest BCUT2D eigenvalue weighted by atomic mass is 10.2. The van der Waals surface area contributed by atoms with Crippen LogP contribution in [0.25, 0.3) is 0 Å². The number of carbonyl (C=O) groups excluding carboxylic acids is 1. The summed E-state index contributed by atoms with van der Waals surface area (Å²) in [4.78, 5) is 18.5. The molecule has 2 aromatic rings. The maximum atomic E-state index is 12.3. The summed E-state index contributed by atoms with van der Waals surface area (Å²) in [5.41, 5.74) is 1.05. The van der Waals surface area contributed by atoms with Crippen molar-refractivity contribution in [3.63, 3.8) is 0 Å². The fourth-order valence-electron chi connectivity index (χ4n) is 2.57. The molecule has 1 N–H and O–H groups in total. The van der Waals surface area contributed by atoms with E-state index >= 15 is 0 Å². The van der Waals surface area contributed by atoms with Crippen molar-refractivity contribution >= 4 is 5.91 Å². The monoisotopic (exact) mass is 330 g/mol. The van der Waals surface area contributed by atoms with Gasteiger partial charge in [0, 0.05) is 13.0 Å². The second-order valence-corrected chi connectivity index (χ2v) is 5.67. The predicted octanol–water partition coefficient (Wildman–Crippen LogP) is 1.48. The molecule has 0 saturated carbocycles. The van der Waals surface area contributed by atoms with Gasteiger partial charge in [-0.2, -0.15) is 5.10 Å². The molecule has 7 heteroatoms. The molecule has 7 nitrogen and oxygen atoms in total. The number of aryl methyl sites for hydroxylation is 1. The fourth-order valence-corrected chi connectivity index (χ4v) is 2.57. The Morgan fingerprint density at radius 2 is 2.25 bits per heavy atom. The summed E-state index contributed by atoms with van der Waals surface area (Å²) in [7, 11) is 0. The average molecular weight is 330 g/mol. The quantitative estimate of drug-likeness (QED) is 0.868. The molecule has 1 aliphatic rings. The van der Waals surface area contributed by atoms with Crippen LogP contribution in [0, 0.1) is 0 Å². The van der Waals surface area contributed by atoms with Crippen molar-refractivity contribution in [2.24, 2.45) is 0 Å². The Morgan fingerprint density at radius 3 is 3.00 bits per heavy atom. The van der Waals surface area contributed by atoms with Crippen LogP contribution in [-0.2, 0) is 27.3 Å². The third kappa shape index (κ3) is 4.18. The van der Waals surface area contributed by atoms with Gasteiger partial charge in [-0.3, -0.25) is 9.89 Å². The lowest BCUT2D eigenvalue weighted by molar-refractivity contribution is -0.144. The molecule has 1 aromatic carbocycles. The molecule has 1 fully saturated rings. The summed E-state index contributed by atoms with van der Waals surface area (Å²) < 4.78 is 11.2. The number of ether oxygens (including phenoxy) is 2. The number of aromatic amines is 1. The number of nitrogens with zero attached hydrogens (tertiary/aromatic N) is 3. The van der Waals surface area contributed by atoms with E-state index in [1.807, 2.05) is 37.3 Å². The summed E-state index contributed by atoms with van der Waals surface area (Å²) >= 11 is 0. The van der Waals surface area contributed by atoms with Crippen LogP contribution in [0.5, 0.6) is 0 Å². The molecule has 128 valence electrons. The SMILES string of the molecule is CCc1nc([C@@H]2CN(C(=O)COCc3ccccc3)CCO2)n[nH]1. The number of benzene rings is 1. The molecule has 0 bridgehead atoms. The van der Waals surface area contributed by atoms with Crippen LogP contribution in [-0.4, -0.2) is 52.3 Å². The molecule has 2 heterocycles. The van der Waals surface area contributed by atoms with Gasteiger partial charge in [0.1, 0.15) is 18.5 Å². The van der Waals surface area contributed by atoms with Gasteiger partial charge >= 0.3 is 0 Å². The summed E-state index contributed by atoms with van der Waals surface area (Å²) in [5, 5.41) is 7.06. The van der Waals surface area contributed by atoms with E-state index in [4.69, 9.17) is 9.47 Å². The summed E-state index contributed by atoms with van der Waals surface area (Å²) in [6.45, 7) is 4.00. The van der Waals surface area contributed by atoms with E-state index in [-0.39, 0.29) is 18.6 Å². The van der Waals surface area contributed by atoms with Gasteiger partial charge in [0.05, 0.1) is 19.8 Å². The molecule has 24 heavy (non-hydrogen) atoms. The number of H-pyrrole nitrogens is 1. The molecule has 1 amide bonds. The second-order valence-electron chi connectivity index (χ2n) is 5.67. The first-order chi connectivity index (χ1) is 11.8. The zero-order chi connectivity index (χ0) is 16.8. The highest BCUT2D eigenvalue weighted by Gasteiger charge is 2.28. The first-order valence-corrected chi connectivity index (χ1v) is 8.18. The van der Waals surface area contributed by atoms with Crippen molar-refractivity contribution in [3.8, 4) is 0 Å². The number of aromatic nitrogens is 3. The van der Waals surface area contributed by atoms with E-state index in [1.54, 1.807) is 4.90 Å². The largest absolute Gasteiger partial charge is 0.367 e. The van der Waals surface area contributed by atoms with Crippen LogP contribution in [0.1, 0.15) is 30.2 Å². The summed E-state index contributed by atoms with van der Waals surface area (Å²) in [5.74, 6) is 1.39. The lowest BCUT2D eigenvalue weighted by Crippen LogP contribution is -2.44. The Labute approximate surface area is 141 Å². The van der Waals surface area contributed by atoms with Gasteiger partial charge in [-0.25, -0.2) is 4.98 Å². The molecule has 0 aliphatic carbocycles. The van der Waals surface area contributed by atoms with Crippen molar-refractivity contribution in [2.45, 2.75) is 26.1 Å². The Morgan fingerprint density at radius 1 is 1.42 bits per heavy atom. The minimum Gasteiger partial charge on any atom is -0.367 e. The summed E-state index contributed by atoms with van der Waals surface area (Å²) in [6.07, 6.45) is 0.503. The van der Waals surface area contributed by atoms with Gasteiger partial charge < -0.3 is 14.4 Å². The lowest BCUT2D eigenvalue weighted by Gasteiger charge is -2.31. The van der Waals surface area contributed by atoms with E-state index in [0.717, 1.165) is 17.8 Å². The zero-order valence-electron chi connectivity index (χ0n) is 13.8. The van der Waals surface area contributed by atoms with Crippen molar-refractivity contribution in [1.29, 1.82) is 0 Å². The van der Waals surface area contributed by atoms with Crippen molar-refractivity contribution < 1.29 is 14.3 Å². The number of hydrogen-bond acceptors (Lipinski definition) is 5. The van der Waals surface area contributed by atoms with Gasteiger partial charge in [-0.05, 0) is 5.56 Å². The Balaban J connectivity index is 1.49. The highest BCUT2D eigenvalue weighted by Crippen LogP contribution is 2.19. The van der Waals surface area contributed by atoms with Crippen LogP contribution in [0.3, 0.4) is 0 Å². The first-order valence-electron chi connectivity index (χ1n) is 8.18. The van der Waals surface area contributed by atoms with E-state index in [9.17, 15) is 4.79 Å². The molecule has 1 saturated heterocycles. The van der Waals surface area contributed by atoms with Crippen molar-refractivity contribution in [1.82, 2.24) is 20.1 Å². The van der Waals surface area contributed by atoms with Crippen molar-refractivity contribution in [3.05, 3.63) is 47.5 Å². The van der Waals surface area contributed by atoms with Crippen LogP contribution < -0.4 is 0 Å². The molecule has 3 rings (SSSR count). The third-order valence-electron chi connectivity index (χ3n) is 3.93. The number of nitrogens with one attached hydrogen (secondary N) is 1. The van der Waals surface area contributed by atoms with Gasteiger partial charge in [0.25, 0.3) is 0 Å². The molecule has 0 radical (unpaired) electrons. The van der Waals surface area contributed by atoms with E-state index < -0.39 is 0 Å².